The topological polar surface area (TPSA) is 105 Å². The van der Waals surface area contributed by atoms with E-state index in [1.165, 1.54) is 17.9 Å². The van der Waals surface area contributed by atoms with Crippen molar-refractivity contribution in [1.82, 2.24) is 10.0 Å². The zero-order chi connectivity index (χ0) is 22.6. The van der Waals surface area contributed by atoms with Crippen molar-refractivity contribution in [2.24, 2.45) is 0 Å². The molecule has 1 saturated heterocycles. The number of sulfonamides is 1. The lowest BCUT2D eigenvalue weighted by Crippen LogP contribution is -2.33. The van der Waals surface area contributed by atoms with Crippen molar-refractivity contribution in [3.05, 3.63) is 53.8 Å². The fraction of sp³-hybridized carbons (Fsp3) is 0.333. The van der Waals surface area contributed by atoms with E-state index in [-0.39, 0.29) is 31.3 Å². The van der Waals surface area contributed by atoms with Crippen LogP contribution in [0.1, 0.15) is 19.4 Å². The lowest BCUT2D eigenvalue weighted by molar-refractivity contribution is -0.119. The van der Waals surface area contributed by atoms with Gasteiger partial charge in [-0.25, -0.2) is 22.3 Å². The van der Waals surface area contributed by atoms with E-state index in [1.54, 1.807) is 43.3 Å². The molecule has 1 atom stereocenters. The summed E-state index contributed by atoms with van der Waals surface area (Å²) in [7, 11) is -3.29. The lowest BCUT2D eigenvalue weighted by Gasteiger charge is -2.15. The van der Waals surface area contributed by atoms with E-state index < -0.39 is 28.0 Å². The molecule has 0 aromatic heterocycles. The van der Waals surface area contributed by atoms with Gasteiger partial charge in [0.1, 0.15) is 11.9 Å². The first-order chi connectivity index (χ1) is 14.7. The molecule has 1 aliphatic rings. The molecule has 8 nitrogen and oxygen atoms in total. The number of benzene rings is 2. The summed E-state index contributed by atoms with van der Waals surface area (Å²) in [5, 5.41) is 2.59. The van der Waals surface area contributed by atoms with E-state index in [0.29, 0.717) is 16.8 Å². The summed E-state index contributed by atoms with van der Waals surface area (Å²) in [5.41, 5.74) is 2.09. The van der Waals surface area contributed by atoms with Gasteiger partial charge in [-0.3, -0.25) is 9.69 Å². The molecular formula is C21H24FN3O5S. The zero-order valence-corrected chi connectivity index (χ0v) is 18.0. The van der Waals surface area contributed by atoms with Crippen molar-refractivity contribution in [3.8, 4) is 11.1 Å². The van der Waals surface area contributed by atoms with E-state index in [0.717, 1.165) is 5.56 Å². The first kappa shape index (κ1) is 22.7. The van der Waals surface area contributed by atoms with Crippen LogP contribution in [0.3, 0.4) is 0 Å². The molecule has 0 aliphatic carbocycles. The molecule has 1 unspecified atom stereocenters. The third-order valence-electron chi connectivity index (χ3n) is 4.86. The average Bonchev–Trinajstić information content (AvgIpc) is 3.12. The molecule has 1 fully saturated rings. The van der Waals surface area contributed by atoms with Gasteiger partial charge in [0.25, 0.3) is 0 Å². The Bertz CT molecular complexity index is 1070. The van der Waals surface area contributed by atoms with Gasteiger partial charge in [-0.15, -0.1) is 0 Å². The Balaban J connectivity index is 1.69. The van der Waals surface area contributed by atoms with Gasteiger partial charge in [0.2, 0.25) is 15.9 Å². The second-order valence-electron chi connectivity index (χ2n) is 7.14. The van der Waals surface area contributed by atoms with E-state index in [1.807, 2.05) is 0 Å². The molecule has 3 rings (SSSR count). The van der Waals surface area contributed by atoms with E-state index in [4.69, 9.17) is 4.74 Å². The summed E-state index contributed by atoms with van der Waals surface area (Å²) in [4.78, 5) is 24.4. The maximum absolute atomic E-state index is 14.8. The molecule has 0 saturated carbocycles. The van der Waals surface area contributed by atoms with Crippen molar-refractivity contribution in [1.29, 1.82) is 0 Å². The highest BCUT2D eigenvalue weighted by Gasteiger charge is 2.32. The third-order valence-corrected chi connectivity index (χ3v) is 6.20. The second kappa shape index (κ2) is 9.44. The molecule has 166 valence electrons. The number of rotatable bonds is 8. The quantitative estimate of drug-likeness (QED) is 0.644. The Kier molecular flexibility index (Phi) is 6.91. The summed E-state index contributed by atoms with van der Waals surface area (Å²) < 4.78 is 45.6. The minimum atomic E-state index is -3.29. The van der Waals surface area contributed by atoms with Crippen LogP contribution in [0.15, 0.2) is 42.5 Å². The van der Waals surface area contributed by atoms with Crippen molar-refractivity contribution in [2.75, 3.05) is 23.7 Å². The number of amides is 2. The smallest absolute Gasteiger partial charge is 0.414 e. The molecule has 1 aliphatic heterocycles. The van der Waals surface area contributed by atoms with Crippen LogP contribution in [0.25, 0.3) is 11.1 Å². The number of carbonyl (C=O) groups is 2. The van der Waals surface area contributed by atoms with E-state index in [9.17, 15) is 22.4 Å². The first-order valence-corrected chi connectivity index (χ1v) is 11.4. The molecular weight excluding hydrogens is 425 g/mol. The molecule has 0 radical (unpaired) electrons. The summed E-state index contributed by atoms with van der Waals surface area (Å²) >= 11 is 0. The fourth-order valence-electron chi connectivity index (χ4n) is 3.10. The number of nitrogens with zero attached hydrogens (tertiary/aromatic N) is 1. The number of nitrogens with one attached hydrogen (secondary N) is 2. The molecule has 10 heteroatoms. The maximum atomic E-state index is 14.8. The molecule has 31 heavy (non-hydrogen) atoms. The van der Waals surface area contributed by atoms with Crippen LogP contribution in [-0.2, 0) is 26.1 Å². The van der Waals surface area contributed by atoms with Crippen molar-refractivity contribution >= 4 is 27.7 Å². The number of hydrogen-bond donors (Lipinski definition) is 2. The van der Waals surface area contributed by atoms with Crippen LogP contribution in [-0.4, -0.2) is 45.4 Å². The van der Waals surface area contributed by atoms with E-state index in [2.05, 4.69) is 10.0 Å². The van der Waals surface area contributed by atoms with Gasteiger partial charge in [0, 0.05) is 19.0 Å². The monoisotopic (exact) mass is 449 g/mol. The predicted octanol–water partition coefficient (Wildman–Crippen LogP) is 2.39. The first-order valence-electron chi connectivity index (χ1n) is 9.77. The van der Waals surface area contributed by atoms with Crippen molar-refractivity contribution < 1.29 is 27.1 Å². The number of cyclic esters (lactones) is 1. The van der Waals surface area contributed by atoms with Gasteiger partial charge in [-0.2, -0.15) is 0 Å². The van der Waals surface area contributed by atoms with Crippen LogP contribution in [0.2, 0.25) is 0 Å². The minimum Gasteiger partial charge on any atom is -0.442 e. The minimum absolute atomic E-state index is 0.00118. The second-order valence-corrected chi connectivity index (χ2v) is 9.23. The highest BCUT2D eigenvalue weighted by molar-refractivity contribution is 7.89. The molecule has 0 bridgehead atoms. The Morgan fingerprint density at radius 1 is 1.23 bits per heavy atom. The van der Waals surface area contributed by atoms with Crippen LogP contribution >= 0.6 is 0 Å². The number of hydrogen-bond acceptors (Lipinski definition) is 5. The molecule has 2 aromatic rings. The highest BCUT2D eigenvalue weighted by Crippen LogP contribution is 2.29. The summed E-state index contributed by atoms with van der Waals surface area (Å²) in [5.74, 6) is -0.727. The fourth-order valence-corrected chi connectivity index (χ4v) is 3.69. The van der Waals surface area contributed by atoms with Crippen LogP contribution in [0, 0.1) is 5.82 Å². The largest absolute Gasteiger partial charge is 0.442 e. The van der Waals surface area contributed by atoms with E-state index >= 15 is 0 Å². The van der Waals surface area contributed by atoms with Crippen LogP contribution < -0.4 is 14.9 Å². The van der Waals surface area contributed by atoms with Gasteiger partial charge in [-0.1, -0.05) is 24.3 Å². The van der Waals surface area contributed by atoms with Crippen molar-refractivity contribution in [3.63, 3.8) is 0 Å². The van der Waals surface area contributed by atoms with Crippen LogP contribution in [0.5, 0.6) is 0 Å². The molecule has 2 amide bonds. The third kappa shape index (κ3) is 5.80. The van der Waals surface area contributed by atoms with Crippen molar-refractivity contribution in [2.45, 2.75) is 26.5 Å². The summed E-state index contributed by atoms with van der Waals surface area (Å²) in [6.07, 6.45) is -1.10. The lowest BCUT2D eigenvalue weighted by atomic mass is 10.0. The molecule has 2 aromatic carbocycles. The summed E-state index contributed by atoms with van der Waals surface area (Å²) in [6, 6.07) is 11.3. The molecule has 0 spiro atoms. The van der Waals surface area contributed by atoms with Gasteiger partial charge in [-0.05, 0) is 36.2 Å². The predicted molar refractivity (Wildman–Crippen MR) is 114 cm³/mol. The SMILES string of the molecule is CCS(=O)(=O)NCc1ccc(-c2ccc(N3CC(CNC(C)=O)OC3=O)cc2F)cc1. The van der Waals surface area contributed by atoms with Gasteiger partial charge < -0.3 is 10.1 Å². The molecule has 2 N–H and O–H groups in total. The Hall–Kier alpha value is -2.98. The number of anilines is 1. The van der Waals surface area contributed by atoms with Gasteiger partial charge in [0.15, 0.2) is 0 Å². The standard InChI is InChI=1S/C21H24FN3O5S/c1-3-31(28,29)24-11-15-4-6-16(7-5-15)19-9-8-17(10-20(19)22)25-13-18(30-21(25)27)12-23-14(2)26/h4-10,18,24H,3,11-13H2,1-2H3,(H,23,26). The molecule has 1 heterocycles. The normalized spacial score (nSPS) is 16.3. The summed E-state index contributed by atoms with van der Waals surface area (Å²) in [6.45, 7) is 3.50. The van der Waals surface area contributed by atoms with Gasteiger partial charge in [0.05, 0.1) is 24.5 Å². The number of halogens is 1. The Morgan fingerprint density at radius 2 is 1.94 bits per heavy atom. The number of ether oxygens (including phenoxy) is 1. The Morgan fingerprint density at radius 3 is 2.55 bits per heavy atom. The Labute approximate surface area is 180 Å². The van der Waals surface area contributed by atoms with Gasteiger partial charge >= 0.3 is 6.09 Å². The zero-order valence-electron chi connectivity index (χ0n) is 17.2. The number of carbonyl (C=O) groups excluding carboxylic acids is 2. The average molecular weight is 450 g/mol. The van der Waals surface area contributed by atoms with Crippen LogP contribution in [0.4, 0.5) is 14.9 Å². The maximum Gasteiger partial charge on any atom is 0.414 e. The highest BCUT2D eigenvalue weighted by atomic mass is 32.2.